The summed E-state index contributed by atoms with van der Waals surface area (Å²) in [6.45, 7) is 5.34. The average molecular weight is 298 g/mol. The first kappa shape index (κ1) is 16.1. The summed E-state index contributed by atoms with van der Waals surface area (Å²) in [6.07, 6.45) is 4.09. The number of rotatable bonds is 4. The number of nitrogens with one attached hydrogen (secondary N) is 2. The van der Waals surface area contributed by atoms with E-state index in [0.717, 1.165) is 19.3 Å². The van der Waals surface area contributed by atoms with Crippen LogP contribution in [0.4, 0.5) is 4.79 Å². The Hall–Kier alpha value is -1.30. The lowest BCUT2D eigenvalue weighted by Gasteiger charge is -2.34. The van der Waals surface area contributed by atoms with E-state index in [2.05, 4.69) is 24.5 Å². The summed E-state index contributed by atoms with van der Waals surface area (Å²) >= 11 is 0. The van der Waals surface area contributed by atoms with Crippen LogP contribution in [0.2, 0.25) is 0 Å². The van der Waals surface area contributed by atoms with Gasteiger partial charge < -0.3 is 20.5 Å². The topological polar surface area (TPSA) is 87.7 Å². The van der Waals surface area contributed by atoms with Crippen molar-refractivity contribution in [2.75, 3.05) is 19.8 Å². The summed E-state index contributed by atoms with van der Waals surface area (Å²) in [5, 5.41) is 15.2. The summed E-state index contributed by atoms with van der Waals surface area (Å²) in [7, 11) is 0. The molecule has 0 bridgehead atoms. The zero-order chi connectivity index (χ0) is 15.5. The van der Waals surface area contributed by atoms with Gasteiger partial charge in [-0.2, -0.15) is 0 Å². The molecule has 2 fully saturated rings. The molecule has 0 aromatic rings. The van der Waals surface area contributed by atoms with Crippen LogP contribution in [-0.4, -0.2) is 42.9 Å². The number of urea groups is 1. The zero-order valence-corrected chi connectivity index (χ0v) is 12.9. The molecule has 0 aromatic heterocycles. The Morgan fingerprint density at radius 3 is 2.43 bits per heavy atom. The number of ether oxygens (including phenoxy) is 1. The van der Waals surface area contributed by atoms with Crippen molar-refractivity contribution in [1.29, 1.82) is 0 Å². The van der Waals surface area contributed by atoms with Crippen molar-refractivity contribution in [3.05, 3.63) is 0 Å². The Morgan fingerprint density at radius 2 is 1.90 bits per heavy atom. The highest BCUT2D eigenvalue weighted by molar-refractivity contribution is 5.78. The minimum atomic E-state index is -0.888. The van der Waals surface area contributed by atoms with Crippen LogP contribution < -0.4 is 10.6 Å². The van der Waals surface area contributed by atoms with Gasteiger partial charge in [0.15, 0.2) is 0 Å². The van der Waals surface area contributed by atoms with Gasteiger partial charge in [-0.1, -0.05) is 20.3 Å². The minimum Gasteiger partial charge on any atom is -0.481 e. The van der Waals surface area contributed by atoms with E-state index >= 15 is 0 Å². The van der Waals surface area contributed by atoms with Crippen LogP contribution >= 0.6 is 0 Å². The van der Waals surface area contributed by atoms with Crippen LogP contribution in [0, 0.1) is 10.8 Å². The molecule has 120 valence electrons. The lowest BCUT2D eigenvalue weighted by Crippen LogP contribution is -2.51. The van der Waals surface area contributed by atoms with Crippen molar-refractivity contribution < 1.29 is 19.4 Å². The van der Waals surface area contributed by atoms with E-state index in [4.69, 9.17) is 4.74 Å². The second-order valence-electron chi connectivity index (χ2n) is 6.96. The Morgan fingerprint density at radius 1 is 1.24 bits per heavy atom. The summed E-state index contributed by atoms with van der Waals surface area (Å²) in [5.74, 6) is -0.854. The summed E-state index contributed by atoms with van der Waals surface area (Å²) < 4.78 is 5.22. The molecular formula is C15H26N2O4. The van der Waals surface area contributed by atoms with Crippen molar-refractivity contribution >= 4 is 12.0 Å². The monoisotopic (exact) mass is 298 g/mol. The first-order valence-corrected chi connectivity index (χ1v) is 7.71. The number of carbonyl (C=O) groups is 2. The van der Waals surface area contributed by atoms with Crippen LogP contribution in [0.25, 0.3) is 0 Å². The van der Waals surface area contributed by atoms with Gasteiger partial charge in [-0.05, 0) is 31.1 Å². The molecule has 2 aliphatic rings. The minimum absolute atomic E-state index is 0.112. The number of carboxylic acids is 1. The molecule has 6 heteroatoms. The molecule has 0 aromatic carbocycles. The van der Waals surface area contributed by atoms with E-state index in [9.17, 15) is 14.7 Å². The SMILES string of the molecule is CC1(C)CCCC1NC(=O)NCC1(C(=O)O)CCOCC1. The van der Waals surface area contributed by atoms with E-state index in [-0.39, 0.29) is 24.0 Å². The second-order valence-corrected chi connectivity index (χ2v) is 6.96. The van der Waals surface area contributed by atoms with Crippen LogP contribution in [0.5, 0.6) is 0 Å². The molecule has 1 aliphatic heterocycles. The maximum atomic E-state index is 12.0. The third-order valence-electron chi connectivity index (χ3n) is 5.05. The first-order chi connectivity index (χ1) is 9.86. The normalized spacial score (nSPS) is 27.0. The Balaban J connectivity index is 1.86. The fourth-order valence-electron chi connectivity index (χ4n) is 3.28. The molecule has 6 nitrogen and oxygen atoms in total. The highest BCUT2D eigenvalue weighted by Gasteiger charge is 2.41. The van der Waals surface area contributed by atoms with Gasteiger partial charge in [0.1, 0.15) is 0 Å². The first-order valence-electron chi connectivity index (χ1n) is 7.71. The summed E-state index contributed by atoms with van der Waals surface area (Å²) in [5.41, 5.74) is -0.777. The van der Waals surface area contributed by atoms with Crippen molar-refractivity contribution in [1.82, 2.24) is 10.6 Å². The quantitative estimate of drug-likeness (QED) is 0.738. The predicted octanol–water partition coefficient (Wildman–Crippen LogP) is 1.75. The van der Waals surface area contributed by atoms with Crippen LogP contribution in [-0.2, 0) is 9.53 Å². The van der Waals surface area contributed by atoms with Gasteiger partial charge in [-0.15, -0.1) is 0 Å². The van der Waals surface area contributed by atoms with Gasteiger partial charge in [0, 0.05) is 25.8 Å². The molecule has 1 heterocycles. The smallest absolute Gasteiger partial charge is 0.315 e. The number of carbonyl (C=O) groups excluding carboxylic acids is 1. The van der Waals surface area contributed by atoms with Gasteiger partial charge >= 0.3 is 12.0 Å². The molecule has 2 rings (SSSR count). The predicted molar refractivity (Wildman–Crippen MR) is 78.1 cm³/mol. The fourth-order valence-corrected chi connectivity index (χ4v) is 3.28. The van der Waals surface area contributed by atoms with E-state index in [1.807, 2.05) is 0 Å². The van der Waals surface area contributed by atoms with Gasteiger partial charge in [0.25, 0.3) is 0 Å². The number of hydrogen-bond donors (Lipinski definition) is 3. The standard InChI is InChI=1S/C15H26N2O4/c1-14(2)5-3-4-11(14)17-13(20)16-10-15(12(18)19)6-8-21-9-7-15/h11H,3-10H2,1-2H3,(H,18,19)(H2,16,17,20). The molecular weight excluding hydrogens is 272 g/mol. The highest BCUT2D eigenvalue weighted by Crippen LogP contribution is 2.37. The number of hydrogen-bond acceptors (Lipinski definition) is 3. The number of carboxylic acid groups (broad SMARTS) is 1. The maximum absolute atomic E-state index is 12.0. The largest absolute Gasteiger partial charge is 0.481 e. The Kier molecular flexibility index (Phi) is 4.76. The number of aliphatic carboxylic acids is 1. The molecule has 1 unspecified atom stereocenters. The second kappa shape index (κ2) is 6.22. The third kappa shape index (κ3) is 3.67. The van der Waals surface area contributed by atoms with Gasteiger partial charge in [0.2, 0.25) is 0 Å². The van der Waals surface area contributed by atoms with E-state index in [0.29, 0.717) is 26.1 Å². The van der Waals surface area contributed by atoms with Crippen molar-refractivity contribution in [3.8, 4) is 0 Å². The highest BCUT2D eigenvalue weighted by atomic mass is 16.5. The molecule has 1 aliphatic carbocycles. The zero-order valence-electron chi connectivity index (χ0n) is 12.9. The van der Waals surface area contributed by atoms with E-state index in [1.54, 1.807) is 0 Å². The van der Waals surface area contributed by atoms with Gasteiger partial charge in [-0.25, -0.2) is 4.79 Å². The molecule has 0 spiro atoms. The lowest BCUT2D eigenvalue weighted by molar-refractivity contribution is -0.154. The van der Waals surface area contributed by atoms with Crippen molar-refractivity contribution in [3.63, 3.8) is 0 Å². The maximum Gasteiger partial charge on any atom is 0.315 e. The van der Waals surface area contributed by atoms with Crippen LogP contribution in [0.15, 0.2) is 0 Å². The summed E-state index contributed by atoms with van der Waals surface area (Å²) in [4.78, 5) is 23.6. The number of amides is 2. The molecule has 21 heavy (non-hydrogen) atoms. The van der Waals surface area contributed by atoms with E-state index < -0.39 is 11.4 Å². The molecule has 1 atom stereocenters. The van der Waals surface area contributed by atoms with Gasteiger partial charge in [-0.3, -0.25) is 4.79 Å². The molecule has 2 amide bonds. The molecule has 1 saturated heterocycles. The average Bonchev–Trinajstić information content (AvgIpc) is 2.76. The van der Waals surface area contributed by atoms with Crippen molar-refractivity contribution in [2.45, 2.75) is 52.0 Å². The molecule has 0 radical (unpaired) electrons. The van der Waals surface area contributed by atoms with E-state index in [1.165, 1.54) is 0 Å². The Labute approximate surface area is 125 Å². The fraction of sp³-hybridized carbons (Fsp3) is 0.867. The summed E-state index contributed by atoms with van der Waals surface area (Å²) in [6, 6.07) is -0.102. The van der Waals surface area contributed by atoms with Crippen LogP contribution in [0.1, 0.15) is 46.0 Å². The Bertz CT molecular complexity index is 402. The third-order valence-corrected chi connectivity index (χ3v) is 5.05. The molecule has 3 N–H and O–H groups in total. The lowest BCUT2D eigenvalue weighted by atomic mass is 9.80. The van der Waals surface area contributed by atoms with Crippen LogP contribution in [0.3, 0.4) is 0 Å². The van der Waals surface area contributed by atoms with Gasteiger partial charge in [0.05, 0.1) is 5.41 Å². The van der Waals surface area contributed by atoms with Crippen molar-refractivity contribution in [2.24, 2.45) is 10.8 Å². The molecule has 1 saturated carbocycles.